The van der Waals surface area contributed by atoms with Crippen LogP contribution < -0.4 is 0 Å². The van der Waals surface area contributed by atoms with E-state index in [1.807, 2.05) is 4.80 Å². The number of fused-ring (bicyclic) bond motifs is 2. The van der Waals surface area contributed by atoms with Gasteiger partial charge in [0, 0.05) is 13.7 Å². The maximum atomic E-state index is 7.00. The predicted molar refractivity (Wildman–Crippen MR) is 117 cm³/mol. The number of ether oxygens (including phenoxy) is 1. The van der Waals surface area contributed by atoms with Crippen molar-refractivity contribution in [3.05, 3.63) is 35.4 Å². The molecule has 0 aliphatic carbocycles. The minimum absolute atomic E-state index is 0.163. The van der Waals surface area contributed by atoms with Gasteiger partial charge in [0.05, 0.1) is 12.1 Å². The van der Waals surface area contributed by atoms with Gasteiger partial charge in [0.1, 0.15) is 11.0 Å². The summed E-state index contributed by atoms with van der Waals surface area (Å²) in [5.41, 5.74) is 4.28. The lowest BCUT2D eigenvalue weighted by atomic mass is 9.99. The highest BCUT2D eigenvalue weighted by Crippen LogP contribution is 2.30. The fourth-order valence-electron chi connectivity index (χ4n) is 3.36. The van der Waals surface area contributed by atoms with E-state index >= 15 is 0 Å². The summed E-state index contributed by atoms with van der Waals surface area (Å²) in [4.78, 5) is 1.84. The summed E-state index contributed by atoms with van der Waals surface area (Å²) in [5, 5.41) is 19.1. The lowest BCUT2D eigenvalue weighted by molar-refractivity contribution is -0.0314. The van der Waals surface area contributed by atoms with Crippen molar-refractivity contribution >= 4 is 21.8 Å². The Hall–Kier alpha value is -1.98. The summed E-state index contributed by atoms with van der Waals surface area (Å²) in [6, 6.07) is 8.51. The molecule has 0 aliphatic heterocycles. The fourth-order valence-corrected chi connectivity index (χ4v) is 3.36. The molecule has 0 saturated carbocycles. The Kier molecular flexibility index (Phi) is 7.55. The van der Waals surface area contributed by atoms with Gasteiger partial charge in [-0.3, -0.25) is 0 Å². The summed E-state index contributed by atoms with van der Waals surface area (Å²) >= 11 is 0. The molecule has 0 bridgehead atoms. The largest absolute Gasteiger partial charge is 0.400 e. The van der Waals surface area contributed by atoms with Crippen LogP contribution in [0, 0.1) is 19.8 Å². The van der Waals surface area contributed by atoms with Gasteiger partial charge in [0.25, 0.3) is 0 Å². The molecule has 0 fully saturated rings. The van der Waals surface area contributed by atoms with Crippen LogP contribution >= 0.6 is 0 Å². The summed E-state index contributed by atoms with van der Waals surface area (Å²) in [6.45, 7) is 14.6. The molecule has 28 heavy (non-hydrogen) atoms. The van der Waals surface area contributed by atoms with Crippen LogP contribution in [0.15, 0.2) is 24.3 Å². The van der Waals surface area contributed by atoms with Crippen molar-refractivity contribution in [2.45, 2.75) is 66.5 Å². The van der Waals surface area contributed by atoms with Gasteiger partial charge < -0.3 is 9.84 Å². The van der Waals surface area contributed by atoms with E-state index in [9.17, 15) is 0 Å². The SMILES string of the molecule is CO.Cc1c2ccccc2c(C)c2nn(CCC(C)(C)OCCC(C)C)nc12. The van der Waals surface area contributed by atoms with Crippen LogP contribution in [0.5, 0.6) is 0 Å². The Balaban J connectivity index is 0.00000136. The average Bonchev–Trinajstić information content (AvgIpc) is 3.11. The number of aryl methyl sites for hydroxylation is 3. The first-order valence-corrected chi connectivity index (χ1v) is 10.1. The van der Waals surface area contributed by atoms with Gasteiger partial charge >= 0.3 is 0 Å². The third-order valence-corrected chi connectivity index (χ3v) is 5.20. The first kappa shape index (κ1) is 22.3. The topological polar surface area (TPSA) is 60.2 Å². The monoisotopic (exact) mass is 385 g/mol. The van der Waals surface area contributed by atoms with Gasteiger partial charge in [-0.1, -0.05) is 38.1 Å². The zero-order valence-electron chi connectivity index (χ0n) is 18.4. The molecule has 154 valence electrons. The summed E-state index contributed by atoms with van der Waals surface area (Å²) < 4.78 is 6.08. The number of rotatable bonds is 7. The van der Waals surface area contributed by atoms with Crippen LogP contribution in [0.25, 0.3) is 21.8 Å². The van der Waals surface area contributed by atoms with Gasteiger partial charge in [0.2, 0.25) is 0 Å². The van der Waals surface area contributed by atoms with E-state index in [2.05, 4.69) is 65.8 Å². The summed E-state index contributed by atoms with van der Waals surface area (Å²) in [7, 11) is 1.00. The Labute approximate surface area is 168 Å². The fraction of sp³-hybridized carbons (Fsp3) is 0.565. The van der Waals surface area contributed by atoms with Crippen LogP contribution in [0.3, 0.4) is 0 Å². The number of aliphatic hydroxyl groups excluding tert-OH is 1. The van der Waals surface area contributed by atoms with Gasteiger partial charge in [0.15, 0.2) is 0 Å². The summed E-state index contributed by atoms with van der Waals surface area (Å²) in [6.07, 6.45) is 1.99. The van der Waals surface area contributed by atoms with Gasteiger partial charge in [-0.15, -0.1) is 0 Å². The molecule has 0 amide bonds. The van der Waals surface area contributed by atoms with Gasteiger partial charge in [-0.05, 0) is 68.4 Å². The minimum atomic E-state index is -0.163. The number of hydrogen-bond acceptors (Lipinski definition) is 4. The molecule has 0 atom stereocenters. The van der Waals surface area contributed by atoms with Crippen molar-refractivity contribution in [2.75, 3.05) is 13.7 Å². The maximum Gasteiger partial charge on any atom is 0.117 e. The first-order valence-electron chi connectivity index (χ1n) is 10.1. The van der Waals surface area contributed by atoms with Crippen LogP contribution in [0.2, 0.25) is 0 Å². The molecule has 5 nitrogen and oxygen atoms in total. The van der Waals surface area contributed by atoms with E-state index in [1.54, 1.807) is 0 Å². The van der Waals surface area contributed by atoms with Crippen LogP contribution in [-0.4, -0.2) is 39.4 Å². The molecule has 0 spiro atoms. The van der Waals surface area contributed by atoms with Crippen molar-refractivity contribution in [1.29, 1.82) is 0 Å². The molecule has 0 radical (unpaired) electrons. The van der Waals surface area contributed by atoms with Crippen LogP contribution in [0.4, 0.5) is 0 Å². The quantitative estimate of drug-likeness (QED) is 0.619. The van der Waals surface area contributed by atoms with E-state index < -0.39 is 0 Å². The van der Waals surface area contributed by atoms with E-state index in [0.29, 0.717) is 5.92 Å². The maximum absolute atomic E-state index is 7.00. The molecule has 5 heteroatoms. The molecular weight excluding hydrogens is 350 g/mol. The zero-order valence-corrected chi connectivity index (χ0v) is 18.4. The molecular formula is C23H35N3O2. The lowest BCUT2D eigenvalue weighted by Gasteiger charge is -2.25. The second-order valence-electron chi connectivity index (χ2n) is 8.33. The normalized spacial score (nSPS) is 11.9. The second-order valence-corrected chi connectivity index (χ2v) is 8.33. The second kappa shape index (κ2) is 9.48. The molecule has 1 heterocycles. The third-order valence-electron chi connectivity index (χ3n) is 5.20. The van der Waals surface area contributed by atoms with Crippen LogP contribution in [0.1, 0.15) is 51.7 Å². The number of aliphatic hydroxyl groups is 1. The smallest absolute Gasteiger partial charge is 0.117 e. The molecule has 2 aromatic carbocycles. The predicted octanol–water partition coefficient (Wildman–Crippen LogP) is 5.04. The number of hydrogen-bond donors (Lipinski definition) is 1. The number of benzene rings is 2. The highest BCUT2D eigenvalue weighted by molar-refractivity contribution is 6.02. The van der Waals surface area contributed by atoms with Gasteiger partial charge in [-0.25, -0.2) is 0 Å². The zero-order chi connectivity index (χ0) is 20.9. The molecule has 3 rings (SSSR count). The van der Waals surface area contributed by atoms with E-state index in [0.717, 1.165) is 44.1 Å². The van der Waals surface area contributed by atoms with Crippen molar-refractivity contribution in [3.63, 3.8) is 0 Å². The Morgan fingerprint density at radius 2 is 1.50 bits per heavy atom. The number of aromatic nitrogens is 3. The first-order chi connectivity index (χ1) is 13.3. The van der Waals surface area contributed by atoms with Crippen molar-refractivity contribution < 1.29 is 9.84 Å². The van der Waals surface area contributed by atoms with Crippen molar-refractivity contribution in [2.24, 2.45) is 5.92 Å². The van der Waals surface area contributed by atoms with E-state index in [-0.39, 0.29) is 5.60 Å². The van der Waals surface area contributed by atoms with Crippen molar-refractivity contribution in [1.82, 2.24) is 15.0 Å². The Morgan fingerprint density at radius 1 is 1.00 bits per heavy atom. The van der Waals surface area contributed by atoms with Crippen molar-refractivity contribution in [3.8, 4) is 0 Å². The molecule has 0 aliphatic rings. The molecule has 0 unspecified atom stereocenters. The number of nitrogens with zero attached hydrogens (tertiary/aromatic N) is 3. The Morgan fingerprint density at radius 3 is 1.96 bits per heavy atom. The molecule has 1 aromatic heterocycles. The van der Waals surface area contributed by atoms with E-state index in [1.165, 1.54) is 21.9 Å². The molecule has 0 saturated heterocycles. The molecule has 1 N–H and O–H groups in total. The lowest BCUT2D eigenvalue weighted by Crippen LogP contribution is -2.27. The molecule has 3 aromatic rings. The summed E-state index contributed by atoms with van der Waals surface area (Å²) in [5.74, 6) is 0.670. The minimum Gasteiger partial charge on any atom is -0.400 e. The van der Waals surface area contributed by atoms with Gasteiger partial charge in [-0.2, -0.15) is 15.0 Å². The highest BCUT2D eigenvalue weighted by atomic mass is 16.5. The standard InChI is InChI=1S/C22H31N3O.CH4O/c1-15(2)11-14-26-22(5,6)12-13-25-23-20-16(3)18-9-7-8-10-19(18)17(4)21(20)24-25;1-2/h7-10,15H,11-14H2,1-6H3;2H,1H3. The Bertz CT molecular complexity index is 854. The van der Waals surface area contributed by atoms with E-state index in [4.69, 9.17) is 20.0 Å². The van der Waals surface area contributed by atoms with Crippen LogP contribution in [-0.2, 0) is 11.3 Å². The highest BCUT2D eigenvalue weighted by Gasteiger charge is 2.20. The third kappa shape index (κ3) is 5.09. The average molecular weight is 386 g/mol.